The second-order valence-corrected chi connectivity index (χ2v) is 13.2. The number of anilines is 2. The van der Waals surface area contributed by atoms with E-state index < -0.39 is 34.8 Å². The number of nitrogens with two attached hydrogens (primary N) is 1. The molecule has 0 radical (unpaired) electrons. The number of ether oxygens (including phenoxy) is 1. The number of morpholine rings is 1. The van der Waals surface area contributed by atoms with Crippen molar-refractivity contribution in [3.05, 3.63) is 63.8 Å². The molecule has 0 atom stereocenters. The fourth-order valence-corrected chi connectivity index (χ4v) is 6.09. The molecular weight excluding hydrogens is 684 g/mol. The molecular formula is C33H35Cl2F3N8O3. The first-order chi connectivity index (χ1) is 23.1. The number of nitrogens with one attached hydrogen (secondary N) is 3. The maximum Gasteiger partial charge on any atom is 0.417 e. The highest BCUT2D eigenvalue weighted by molar-refractivity contribution is 6.41. The van der Waals surface area contributed by atoms with E-state index in [9.17, 15) is 22.8 Å². The van der Waals surface area contributed by atoms with Gasteiger partial charge in [-0.15, -0.1) is 0 Å². The molecule has 16 heteroatoms. The first-order valence-electron chi connectivity index (χ1n) is 15.4. The second-order valence-electron chi connectivity index (χ2n) is 12.4. The number of aromatic nitrogens is 3. The van der Waals surface area contributed by atoms with Crippen LogP contribution in [0.15, 0.2) is 42.6 Å². The molecule has 11 nitrogen and oxygen atoms in total. The maximum atomic E-state index is 14.2. The number of carbonyl (C=O) groups is 2. The van der Waals surface area contributed by atoms with Crippen molar-refractivity contribution in [1.29, 1.82) is 0 Å². The van der Waals surface area contributed by atoms with E-state index >= 15 is 0 Å². The minimum Gasteiger partial charge on any atom is -0.379 e. The molecule has 49 heavy (non-hydrogen) atoms. The highest BCUT2D eigenvalue weighted by Gasteiger charge is 2.36. The SMILES string of the molecule is CC(C)(C)NC(=O)Nc1nc2nc(NCCCN3CCOCC3)ncc2cc1-c1c(Cl)ccc(-c2c(C(N)=O)cccc2C(F)(F)F)c1Cl. The summed E-state index contributed by atoms with van der Waals surface area (Å²) in [6, 6.07) is 6.70. The van der Waals surface area contributed by atoms with Gasteiger partial charge in [-0.1, -0.05) is 35.3 Å². The minimum atomic E-state index is -4.85. The number of rotatable bonds is 9. The van der Waals surface area contributed by atoms with Crippen molar-refractivity contribution >= 4 is 57.9 Å². The van der Waals surface area contributed by atoms with Crippen LogP contribution in [0.25, 0.3) is 33.3 Å². The van der Waals surface area contributed by atoms with Gasteiger partial charge in [-0.05, 0) is 58.0 Å². The highest BCUT2D eigenvalue weighted by Crippen LogP contribution is 2.47. The number of alkyl halides is 3. The van der Waals surface area contributed by atoms with Gasteiger partial charge >= 0.3 is 12.2 Å². The van der Waals surface area contributed by atoms with Crippen molar-refractivity contribution in [3.63, 3.8) is 0 Å². The van der Waals surface area contributed by atoms with Crippen LogP contribution in [0.1, 0.15) is 43.1 Å². The molecule has 3 heterocycles. The normalized spacial score (nSPS) is 14.1. The predicted molar refractivity (Wildman–Crippen MR) is 184 cm³/mol. The minimum absolute atomic E-state index is 0.0219. The zero-order valence-corrected chi connectivity index (χ0v) is 28.5. The Balaban J connectivity index is 1.59. The summed E-state index contributed by atoms with van der Waals surface area (Å²) >= 11 is 13.6. The van der Waals surface area contributed by atoms with Crippen molar-refractivity contribution in [3.8, 4) is 22.3 Å². The monoisotopic (exact) mass is 718 g/mol. The number of primary amides is 1. The molecule has 4 aromatic rings. The molecule has 1 fully saturated rings. The topological polar surface area (TPSA) is 147 Å². The van der Waals surface area contributed by atoms with Crippen LogP contribution in [0.5, 0.6) is 0 Å². The zero-order chi connectivity index (χ0) is 35.5. The standard InChI is InChI=1S/C33H35Cl2F3N8O3/c1-32(2,3)45-31(48)44-29-21(16-18-17-41-30(43-28(18)42-29)40-10-5-11-46-12-14-49-15-13-46)25-23(34)9-8-19(26(25)35)24-20(27(39)47)6-4-7-22(24)33(36,37)38/h4,6-9,16-17H,5,10-15H2,1-3H3,(H2,39,47)(H3,40,41,42,43,44,45,48). The summed E-state index contributed by atoms with van der Waals surface area (Å²) < 4.78 is 48.1. The average molecular weight is 720 g/mol. The van der Waals surface area contributed by atoms with Gasteiger partial charge in [-0.25, -0.2) is 14.8 Å². The Morgan fingerprint density at radius 1 is 1.02 bits per heavy atom. The van der Waals surface area contributed by atoms with E-state index in [1.54, 1.807) is 26.8 Å². The Hall–Kier alpha value is -4.24. The van der Waals surface area contributed by atoms with Crippen molar-refractivity contribution in [1.82, 2.24) is 25.2 Å². The van der Waals surface area contributed by atoms with Gasteiger partial charge in [0.2, 0.25) is 11.9 Å². The summed E-state index contributed by atoms with van der Waals surface area (Å²) in [4.78, 5) is 41.3. The Labute approximate surface area is 290 Å². The van der Waals surface area contributed by atoms with Crippen molar-refractivity contribution in [2.24, 2.45) is 5.73 Å². The van der Waals surface area contributed by atoms with Crippen molar-refractivity contribution in [2.75, 3.05) is 50.0 Å². The Morgan fingerprint density at radius 2 is 1.76 bits per heavy atom. The Bertz CT molecular complexity index is 1880. The number of benzene rings is 2. The number of carbonyl (C=O) groups excluding carboxylic acids is 2. The third-order valence-electron chi connectivity index (χ3n) is 7.59. The molecule has 5 N–H and O–H groups in total. The predicted octanol–water partition coefficient (Wildman–Crippen LogP) is 6.84. The molecule has 3 amide bonds. The van der Waals surface area contributed by atoms with Gasteiger partial charge in [0.1, 0.15) is 5.82 Å². The molecule has 2 aromatic carbocycles. The van der Waals surface area contributed by atoms with E-state index in [1.165, 1.54) is 24.4 Å². The van der Waals surface area contributed by atoms with Gasteiger partial charge in [-0.3, -0.25) is 15.0 Å². The number of pyridine rings is 1. The molecule has 0 saturated carbocycles. The summed E-state index contributed by atoms with van der Waals surface area (Å²) in [6.07, 6.45) is -2.48. The Kier molecular flexibility index (Phi) is 10.8. The van der Waals surface area contributed by atoms with Gasteiger partial charge in [0.05, 0.1) is 28.8 Å². The molecule has 0 aliphatic carbocycles. The number of amides is 3. The Morgan fingerprint density at radius 3 is 2.43 bits per heavy atom. The van der Waals surface area contributed by atoms with E-state index in [-0.39, 0.29) is 43.8 Å². The number of halogens is 5. The van der Waals surface area contributed by atoms with Crippen LogP contribution < -0.4 is 21.7 Å². The molecule has 0 unspecified atom stereocenters. The second kappa shape index (κ2) is 14.7. The lowest BCUT2D eigenvalue weighted by Gasteiger charge is -2.26. The quantitative estimate of drug-likeness (QED) is 0.138. The molecule has 1 aliphatic rings. The van der Waals surface area contributed by atoms with E-state index in [0.717, 1.165) is 51.4 Å². The smallest absolute Gasteiger partial charge is 0.379 e. The summed E-state index contributed by atoms with van der Waals surface area (Å²) in [5.41, 5.74) is 3.18. The van der Waals surface area contributed by atoms with Crippen LogP contribution in [-0.4, -0.2) is 76.7 Å². The first kappa shape index (κ1) is 36.1. The van der Waals surface area contributed by atoms with E-state index in [2.05, 4.69) is 35.8 Å². The molecule has 1 saturated heterocycles. The number of hydrogen-bond donors (Lipinski definition) is 4. The molecule has 1 aliphatic heterocycles. The lowest BCUT2D eigenvalue weighted by molar-refractivity contribution is -0.137. The van der Waals surface area contributed by atoms with Gasteiger partial charge in [-0.2, -0.15) is 18.2 Å². The van der Waals surface area contributed by atoms with Crippen LogP contribution >= 0.6 is 23.2 Å². The number of nitrogens with zero attached hydrogens (tertiary/aromatic N) is 4. The fraction of sp³-hybridized carbons (Fsp3) is 0.364. The maximum absolute atomic E-state index is 14.2. The summed E-state index contributed by atoms with van der Waals surface area (Å²) in [5.74, 6) is -0.781. The van der Waals surface area contributed by atoms with Gasteiger partial charge in [0.15, 0.2) is 5.65 Å². The van der Waals surface area contributed by atoms with Crippen LogP contribution in [0.4, 0.5) is 29.7 Å². The van der Waals surface area contributed by atoms with Crippen LogP contribution in [0.3, 0.4) is 0 Å². The first-order valence-corrected chi connectivity index (χ1v) is 16.2. The van der Waals surface area contributed by atoms with E-state index in [0.29, 0.717) is 17.9 Å². The highest BCUT2D eigenvalue weighted by atomic mass is 35.5. The molecule has 5 rings (SSSR count). The van der Waals surface area contributed by atoms with E-state index in [4.69, 9.17) is 33.7 Å². The summed E-state index contributed by atoms with van der Waals surface area (Å²) in [6.45, 7) is 10.1. The average Bonchev–Trinajstić information content (AvgIpc) is 3.02. The molecule has 2 aromatic heterocycles. The molecule has 0 bridgehead atoms. The van der Waals surface area contributed by atoms with Gasteiger partial charge < -0.3 is 21.1 Å². The number of urea groups is 1. The van der Waals surface area contributed by atoms with Crippen LogP contribution in [0.2, 0.25) is 10.0 Å². The number of hydrogen-bond acceptors (Lipinski definition) is 8. The lowest BCUT2D eigenvalue weighted by atomic mass is 9.91. The lowest BCUT2D eigenvalue weighted by Crippen LogP contribution is -2.43. The largest absolute Gasteiger partial charge is 0.417 e. The molecule has 260 valence electrons. The third kappa shape index (κ3) is 8.68. The zero-order valence-electron chi connectivity index (χ0n) is 27.0. The van der Waals surface area contributed by atoms with Gasteiger partial charge in [0, 0.05) is 64.6 Å². The molecule has 0 spiro atoms. The third-order valence-corrected chi connectivity index (χ3v) is 8.30. The van der Waals surface area contributed by atoms with E-state index in [1.807, 2.05) is 0 Å². The summed E-state index contributed by atoms with van der Waals surface area (Å²) in [5, 5.41) is 8.94. The van der Waals surface area contributed by atoms with Crippen molar-refractivity contribution < 1.29 is 27.5 Å². The fourth-order valence-electron chi connectivity index (χ4n) is 5.42. The summed E-state index contributed by atoms with van der Waals surface area (Å²) in [7, 11) is 0. The van der Waals surface area contributed by atoms with Crippen LogP contribution in [-0.2, 0) is 10.9 Å². The van der Waals surface area contributed by atoms with Crippen LogP contribution in [0, 0.1) is 0 Å². The van der Waals surface area contributed by atoms with Gasteiger partial charge in [0.25, 0.3) is 0 Å². The number of fused-ring (bicyclic) bond motifs is 1. The van der Waals surface area contributed by atoms with Crippen molar-refractivity contribution in [2.45, 2.75) is 38.9 Å².